The second kappa shape index (κ2) is 10.6. The molecule has 0 spiro atoms. The number of rotatable bonds is 6. The Morgan fingerprint density at radius 1 is 1.06 bits per heavy atom. The van der Waals surface area contributed by atoms with Gasteiger partial charge in [-0.25, -0.2) is 4.68 Å². The number of anilines is 1. The molecule has 1 aromatic heterocycles. The molecule has 2 fully saturated rings. The summed E-state index contributed by atoms with van der Waals surface area (Å²) in [6.45, 7) is 5.30. The number of nitrogens with zero attached hydrogens (tertiary/aromatic N) is 4. The molecule has 2 aliphatic rings. The van der Waals surface area contributed by atoms with Gasteiger partial charge in [-0.05, 0) is 67.6 Å². The summed E-state index contributed by atoms with van der Waals surface area (Å²) in [6, 6.07) is 15.8. The van der Waals surface area contributed by atoms with Gasteiger partial charge in [0.15, 0.2) is 0 Å². The molecule has 2 aromatic carbocycles. The molecule has 7 nitrogen and oxygen atoms in total. The van der Waals surface area contributed by atoms with Crippen LogP contribution in [-0.2, 0) is 9.53 Å². The molecule has 2 saturated heterocycles. The van der Waals surface area contributed by atoms with E-state index in [2.05, 4.69) is 35.3 Å². The van der Waals surface area contributed by atoms with Gasteiger partial charge in [0.25, 0.3) is 0 Å². The lowest BCUT2D eigenvalue weighted by atomic mass is 10.0. The van der Waals surface area contributed by atoms with Crippen LogP contribution in [0.4, 0.5) is 5.69 Å². The normalized spacial score (nSPS) is 21.7. The number of hydrogen-bond acceptors (Lipinski definition) is 5. The summed E-state index contributed by atoms with van der Waals surface area (Å²) in [5.74, 6) is 0.873. The topological polar surface area (TPSA) is 59.8 Å². The monoisotopic (exact) mass is 474 g/mol. The lowest BCUT2D eigenvalue weighted by Crippen LogP contribution is -2.40. The van der Waals surface area contributed by atoms with Crippen LogP contribution in [-0.4, -0.2) is 53.9 Å². The molecule has 0 aliphatic carbocycles. The third-order valence-corrected chi connectivity index (χ3v) is 7.07. The largest absolute Gasteiger partial charge is 0.497 e. The minimum Gasteiger partial charge on any atom is -0.497 e. The third kappa shape index (κ3) is 4.97. The van der Waals surface area contributed by atoms with E-state index in [1.807, 2.05) is 52.2 Å². The van der Waals surface area contributed by atoms with Gasteiger partial charge in [-0.15, -0.1) is 0 Å². The molecule has 2 aliphatic heterocycles. The van der Waals surface area contributed by atoms with E-state index in [0.29, 0.717) is 6.54 Å². The second-order valence-corrected chi connectivity index (χ2v) is 9.23. The fourth-order valence-corrected chi connectivity index (χ4v) is 5.15. The van der Waals surface area contributed by atoms with E-state index in [9.17, 15) is 4.79 Å². The van der Waals surface area contributed by atoms with E-state index in [4.69, 9.17) is 9.47 Å². The maximum atomic E-state index is 13.9. The number of ether oxygens (including phenoxy) is 2. The van der Waals surface area contributed by atoms with Gasteiger partial charge in [-0.2, -0.15) is 5.10 Å². The quantitative estimate of drug-likeness (QED) is 0.500. The average Bonchev–Trinajstić information content (AvgIpc) is 3.35. The molecule has 2 atom stereocenters. The van der Waals surface area contributed by atoms with Crippen LogP contribution in [0.5, 0.6) is 5.75 Å². The van der Waals surface area contributed by atoms with Crippen LogP contribution in [0.25, 0.3) is 11.1 Å². The van der Waals surface area contributed by atoms with Crippen molar-refractivity contribution in [3.63, 3.8) is 0 Å². The minimum atomic E-state index is -0.328. The maximum absolute atomic E-state index is 13.9. The van der Waals surface area contributed by atoms with Crippen LogP contribution in [0, 0.1) is 0 Å². The summed E-state index contributed by atoms with van der Waals surface area (Å²) in [7, 11) is 1.66. The van der Waals surface area contributed by atoms with Crippen molar-refractivity contribution < 1.29 is 14.3 Å². The van der Waals surface area contributed by atoms with Gasteiger partial charge < -0.3 is 14.4 Å². The highest BCUT2D eigenvalue weighted by Crippen LogP contribution is 2.32. The lowest BCUT2D eigenvalue weighted by Gasteiger charge is -2.30. The van der Waals surface area contributed by atoms with Crippen LogP contribution in [0.3, 0.4) is 0 Å². The Labute approximate surface area is 207 Å². The first-order chi connectivity index (χ1) is 17.2. The Balaban J connectivity index is 1.38. The van der Waals surface area contributed by atoms with Gasteiger partial charge in [0.1, 0.15) is 18.0 Å². The molecular weight excluding hydrogens is 440 g/mol. The summed E-state index contributed by atoms with van der Waals surface area (Å²) in [5.41, 5.74) is 4.03. The molecule has 2 unspecified atom stereocenters. The summed E-state index contributed by atoms with van der Waals surface area (Å²) < 4.78 is 13.2. The van der Waals surface area contributed by atoms with Crippen molar-refractivity contribution in [2.45, 2.75) is 44.9 Å². The van der Waals surface area contributed by atoms with E-state index in [1.165, 1.54) is 6.42 Å². The number of hydrogen-bond donors (Lipinski definition) is 0. The Morgan fingerprint density at radius 3 is 2.66 bits per heavy atom. The van der Waals surface area contributed by atoms with Crippen LogP contribution in [0.15, 0.2) is 60.9 Å². The van der Waals surface area contributed by atoms with Crippen LogP contribution in [0.1, 0.15) is 50.4 Å². The first kappa shape index (κ1) is 23.6. The number of carbonyl (C=O) groups is 1. The highest BCUT2D eigenvalue weighted by atomic mass is 16.5. The van der Waals surface area contributed by atoms with Crippen molar-refractivity contribution in [3.8, 4) is 16.9 Å². The van der Waals surface area contributed by atoms with Gasteiger partial charge in [0.2, 0.25) is 5.91 Å². The Morgan fingerprint density at radius 2 is 1.91 bits per heavy atom. The first-order valence-electron chi connectivity index (χ1n) is 12.6. The van der Waals surface area contributed by atoms with Crippen molar-refractivity contribution in [2.24, 2.45) is 0 Å². The summed E-state index contributed by atoms with van der Waals surface area (Å²) in [6.07, 6.45) is 8.19. The number of methoxy groups -OCH3 is 1. The fourth-order valence-electron chi connectivity index (χ4n) is 5.15. The molecule has 3 heterocycles. The summed E-state index contributed by atoms with van der Waals surface area (Å²) in [4.78, 5) is 18.1. The third-order valence-electron chi connectivity index (χ3n) is 7.07. The van der Waals surface area contributed by atoms with E-state index < -0.39 is 0 Å². The SMILES string of the molecule is CCN1CCCN(c2ccc(-c3cnn(C4CCCCO4)c3)cc2)C(=O)C1c1cccc(OC)c1. The van der Waals surface area contributed by atoms with E-state index in [1.54, 1.807) is 7.11 Å². The van der Waals surface area contributed by atoms with Crippen LogP contribution in [0.2, 0.25) is 0 Å². The first-order valence-corrected chi connectivity index (χ1v) is 12.6. The molecule has 7 heteroatoms. The molecule has 0 N–H and O–H groups in total. The lowest BCUT2D eigenvalue weighted by molar-refractivity contribution is -0.123. The smallest absolute Gasteiger partial charge is 0.248 e. The van der Waals surface area contributed by atoms with Gasteiger partial charge in [0.05, 0.1) is 13.3 Å². The van der Waals surface area contributed by atoms with E-state index in [0.717, 1.165) is 67.1 Å². The zero-order valence-electron chi connectivity index (χ0n) is 20.6. The van der Waals surface area contributed by atoms with Gasteiger partial charge >= 0.3 is 0 Å². The summed E-state index contributed by atoms with van der Waals surface area (Å²) >= 11 is 0. The molecule has 35 heavy (non-hydrogen) atoms. The van der Waals surface area contributed by atoms with Crippen molar-refractivity contribution in [3.05, 3.63) is 66.5 Å². The Hall–Kier alpha value is -3.16. The fraction of sp³-hybridized carbons (Fsp3) is 0.429. The summed E-state index contributed by atoms with van der Waals surface area (Å²) in [5, 5.41) is 4.54. The zero-order valence-corrected chi connectivity index (χ0v) is 20.6. The maximum Gasteiger partial charge on any atom is 0.248 e. The highest BCUT2D eigenvalue weighted by Gasteiger charge is 2.34. The minimum absolute atomic E-state index is 0.0292. The Bertz CT molecular complexity index is 1140. The van der Waals surface area contributed by atoms with Crippen LogP contribution < -0.4 is 9.64 Å². The number of benzene rings is 2. The van der Waals surface area contributed by atoms with Gasteiger partial charge in [-0.3, -0.25) is 9.69 Å². The predicted molar refractivity (Wildman–Crippen MR) is 136 cm³/mol. The molecule has 0 saturated carbocycles. The van der Waals surface area contributed by atoms with Crippen molar-refractivity contribution in [1.29, 1.82) is 0 Å². The Kier molecular flexibility index (Phi) is 7.16. The van der Waals surface area contributed by atoms with Crippen molar-refractivity contribution >= 4 is 11.6 Å². The zero-order chi connectivity index (χ0) is 24.2. The van der Waals surface area contributed by atoms with Gasteiger partial charge in [0, 0.05) is 37.1 Å². The van der Waals surface area contributed by atoms with Crippen molar-refractivity contribution in [2.75, 3.05) is 38.3 Å². The predicted octanol–water partition coefficient (Wildman–Crippen LogP) is 5.06. The number of aromatic nitrogens is 2. The van der Waals surface area contributed by atoms with Crippen molar-refractivity contribution in [1.82, 2.24) is 14.7 Å². The molecule has 3 aromatic rings. The van der Waals surface area contributed by atoms with Crippen LogP contribution >= 0.6 is 0 Å². The second-order valence-electron chi connectivity index (χ2n) is 9.23. The molecular formula is C28H34N4O3. The molecule has 184 valence electrons. The molecule has 0 bridgehead atoms. The van der Waals surface area contributed by atoms with E-state index >= 15 is 0 Å². The number of carbonyl (C=O) groups excluding carboxylic acids is 1. The molecule has 5 rings (SSSR count). The molecule has 1 amide bonds. The number of likely N-dealkylation sites (N-methyl/N-ethyl adjacent to an activating group) is 1. The average molecular weight is 475 g/mol. The van der Waals surface area contributed by atoms with Gasteiger partial charge in [-0.1, -0.05) is 31.2 Å². The molecule has 0 radical (unpaired) electrons. The number of amides is 1. The van der Waals surface area contributed by atoms with E-state index in [-0.39, 0.29) is 18.2 Å². The standard InChI is InChI=1S/C28H34N4O3/c1-3-30-15-7-16-31(28(33)27(30)22-8-6-9-25(18-22)34-2)24-13-11-21(12-14-24)23-19-29-32(20-23)26-10-4-5-17-35-26/h6,8-9,11-14,18-20,26-27H,3-5,7,10,15-17H2,1-2H3. The highest BCUT2D eigenvalue weighted by molar-refractivity contribution is 5.98.